The molecule has 8 nitrogen and oxygen atoms in total. The molecule has 3 aromatic rings. The molecule has 2 aliphatic rings. The highest BCUT2D eigenvalue weighted by molar-refractivity contribution is 9.10. The molecule has 3 heterocycles. The number of carbonyl (C=O) groups is 3. The number of carbonyl (C=O) groups excluding carboxylic acids is 3. The Morgan fingerprint density at radius 3 is 2.80 bits per heavy atom. The third-order valence-corrected chi connectivity index (χ3v) is 8.59. The van der Waals surface area contributed by atoms with E-state index in [1.165, 1.54) is 19.3 Å². The van der Waals surface area contributed by atoms with Crippen molar-refractivity contribution in [2.24, 2.45) is 5.92 Å². The summed E-state index contributed by atoms with van der Waals surface area (Å²) in [5.41, 5.74) is 3.55. The number of halogens is 3. The van der Waals surface area contributed by atoms with Gasteiger partial charge >= 0.3 is 5.97 Å². The normalized spacial score (nSPS) is 19.4. The van der Waals surface area contributed by atoms with E-state index in [0.717, 1.165) is 5.69 Å². The van der Waals surface area contributed by atoms with E-state index in [1.54, 1.807) is 35.4 Å². The molecule has 2 amide bonds. The van der Waals surface area contributed by atoms with Crippen molar-refractivity contribution in [3.8, 4) is 11.4 Å². The number of methoxy groups -OCH3 is 1. The number of H-pyrrole nitrogens is 1. The van der Waals surface area contributed by atoms with Crippen LogP contribution in [0, 0.1) is 11.7 Å². The Hall–Kier alpha value is -3.50. The number of fused-ring (bicyclic) bond motifs is 4. The van der Waals surface area contributed by atoms with Crippen molar-refractivity contribution >= 4 is 56.6 Å². The van der Waals surface area contributed by atoms with E-state index in [0.29, 0.717) is 70.5 Å². The van der Waals surface area contributed by atoms with Crippen LogP contribution in [0.3, 0.4) is 0 Å². The van der Waals surface area contributed by atoms with Crippen LogP contribution in [-0.4, -0.2) is 46.3 Å². The minimum atomic E-state index is -0.557. The zero-order valence-corrected chi connectivity index (χ0v) is 24.9. The number of aromatic nitrogens is 2. The monoisotopic (exact) mass is 642 g/mol. The molecule has 0 aliphatic carbocycles. The second-order valence-corrected chi connectivity index (χ2v) is 11.6. The molecular formula is C30H29BrClFN4O4. The van der Waals surface area contributed by atoms with Crippen molar-refractivity contribution < 1.29 is 23.5 Å². The molecule has 0 saturated heterocycles. The number of amides is 2. The predicted molar refractivity (Wildman–Crippen MR) is 158 cm³/mol. The predicted octanol–water partition coefficient (Wildman–Crippen LogP) is 6.46. The Labute approximate surface area is 250 Å². The van der Waals surface area contributed by atoms with Gasteiger partial charge in [0, 0.05) is 34.1 Å². The lowest BCUT2D eigenvalue weighted by molar-refractivity contribution is -0.139. The van der Waals surface area contributed by atoms with E-state index < -0.39 is 5.82 Å². The first-order valence-corrected chi connectivity index (χ1v) is 14.5. The lowest BCUT2D eigenvalue weighted by Crippen LogP contribution is -2.37. The maximum Gasteiger partial charge on any atom is 0.309 e. The van der Waals surface area contributed by atoms with Crippen molar-refractivity contribution in [1.82, 2.24) is 14.9 Å². The van der Waals surface area contributed by atoms with Crippen LogP contribution >= 0.6 is 27.5 Å². The van der Waals surface area contributed by atoms with E-state index >= 15 is 0 Å². The number of rotatable bonds is 4. The first-order valence-electron chi connectivity index (χ1n) is 13.4. The maximum absolute atomic E-state index is 14.9. The van der Waals surface area contributed by atoms with Gasteiger partial charge in [-0.05, 0) is 54.7 Å². The Bertz CT molecular complexity index is 1560. The third-order valence-electron chi connectivity index (χ3n) is 7.63. The van der Waals surface area contributed by atoms with Gasteiger partial charge < -0.3 is 19.9 Å². The van der Waals surface area contributed by atoms with Crippen LogP contribution < -0.4 is 5.32 Å². The van der Waals surface area contributed by atoms with Gasteiger partial charge in [-0.15, -0.1) is 0 Å². The first kappa shape index (κ1) is 29.0. The summed E-state index contributed by atoms with van der Waals surface area (Å²) in [4.78, 5) is 48.1. The fourth-order valence-electron chi connectivity index (χ4n) is 5.36. The summed E-state index contributed by atoms with van der Waals surface area (Å²) in [5, 5.41) is 3.01. The van der Waals surface area contributed by atoms with Crippen LogP contribution in [0.5, 0.6) is 0 Å². The summed E-state index contributed by atoms with van der Waals surface area (Å²) in [5.74, 6) is -1.05. The summed E-state index contributed by atoms with van der Waals surface area (Å²) in [7, 11) is 1.33. The Morgan fingerprint density at radius 2 is 2.05 bits per heavy atom. The van der Waals surface area contributed by atoms with Gasteiger partial charge in [0.2, 0.25) is 11.8 Å². The molecule has 2 N–H and O–H groups in total. The highest BCUT2D eigenvalue weighted by Crippen LogP contribution is 2.38. The topological polar surface area (TPSA) is 104 Å². The number of benzene rings is 2. The van der Waals surface area contributed by atoms with E-state index in [2.05, 4.69) is 31.2 Å². The average Bonchev–Trinajstić information content (AvgIpc) is 3.43. The number of ether oxygens (including phenoxy) is 1. The Balaban J connectivity index is 1.49. The summed E-state index contributed by atoms with van der Waals surface area (Å²) in [6, 6.07) is 8.19. The first-order chi connectivity index (χ1) is 19.7. The number of nitrogens with one attached hydrogen (secondary N) is 2. The van der Waals surface area contributed by atoms with Crippen molar-refractivity contribution in [1.29, 1.82) is 0 Å². The lowest BCUT2D eigenvalue weighted by Gasteiger charge is -2.34. The van der Waals surface area contributed by atoms with Crippen LogP contribution in [0.25, 0.3) is 17.0 Å². The van der Waals surface area contributed by atoms with Gasteiger partial charge in [0.1, 0.15) is 11.6 Å². The highest BCUT2D eigenvalue weighted by Gasteiger charge is 2.31. The number of hydrogen-bond donors (Lipinski definition) is 2. The second kappa shape index (κ2) is 12.2. The van der Waals surface area contributed by atoms with Crippen molar-refractivity contribution in [3.05, 3.63) is 74.7 Å². The SMILES string of the molecule is COC(=O)Cc1ccc2c(c1)NC(=O)[C@H](C)CCC[C@H](N1CCC(c3c(Br)ccc(Cl)c3F)=CC1=O)c1cnc-2[nH]1. The highest BCUT2D eigenvalue weighted by atomic mass is 79.9. The summed E-state index contributed by atoms with van der Waals surface area (Å²) in [6.07, 6.45) is 5.64. The zero-order chi connectivity index (χ0) is 29.3. The minimum absolute atomic E-state index is 0.000797. The molecule has 2 aromatic carbocycles. The molecule has 0 saturated carbocycles. The second-order valence-electron chi connectivity index (χ2n) is 10.3. The molecular weight excluding hydrogens is 615 g/mol. The average molecular weight is 644 g/mol. The molecule has 41 heavy (non-hydrogen) atoms. The van der Waals surface area contributed by atoms with Gasteiger partial charge in [0.25, 0.3) is 0 Å². The quantitative estimate of drug-likeness (QED) is 0.251. The standard InChI is InChI=1S/C30H29BrClFN4O4/c1-16-4-3-5-24(37-11-10-18(14-25(37)38)27-20(31)8-9-21(32)28(27)33)23-15-34-29(35-23)19-7-6-17(13-26(39)41-2)12-22(19)36-30(16)40/h6-9,12,14-16,24H,3-5,10-11,13H2,1-2H3,(H,34,35)(H,36,40)/t16-,24+/m1/s1. The molecule has 11 heteroatoms. The number of aromatic amines is 1. The molecule has 5 rings (SSSR count). The number of nitrogens with zero attached hydrogens (tertiary/aromatic N) is 2. The number of anilines is 1. The van der Waals surface area contributed by atoms with Crippen molar-refractivity contribution in [3.63, 3.8) is 0 Å². The fourth-order valence-corrected chi connectivity index (χ4v) is 6.08. The van der Waals surface area contributed by atoms with E-state index in [4.69, 9.17) is 16.3 Å². The summed E-state index contributed by atoms with van der Waals surface area (Å²) >= 11 is 9.41. The molecule has 0 unspecified atom stereocenters. The number of esters is 1. The molecule has 0 radical (unpaired) electrons. The number of hydrogen-bond acceptors (Lipinski definition) is 5. The van der Waals surface area contributed by atoms with Gasteiger partial charge in [0.15, 0.2) is 0 Å². The van der Waals surface area contributed by atoms with Crippen molar-refractivity contribution in [2.45, 2.75) is 45.1 Å². The van der Waals surface area contributed by atoms with Crippen LogP contribution in [-0.2, 0) is 25.5 Å². The Kier molecular flexibility index (Phi) is 8.60. The van der Waals surface area contributed by atoms with E-state index in [-0.39, 0.29) is 41.2 Å². The van der Waals surface area contributed by atoms with Gasteiger partial charge in [-0.25, -0.2) is 9.37 Å². The van der Waals surface area contributed by atoms with Gasteiger partial charge in [0.05, 0.1) is 42.2 Å². The smallest absolute Gasteiger partial charge is 0.309 e. The summed E-state index contributed by atoms with van der Waals surface area (Å²) < 4.78 is 20.2. The largest absolute Gasteiger partial charge is 0.469 e. The molecule has 214 valence electrons. The molecule has 2 atom stereocenters. The molecule has 2 aliphatic heterocycles. The molecule has 0 fully saturated rings. The molecule has 2 bridgehead atoms. The van der Waals surface area contributed by atoms with E-state index in [9.17, 15) is 18.8 Å². The zero-order valence-electron chi connectivity index (χ0n) is 22.6. The minimum Gasteiger partial charge on any atom is -0.469 e. The van der Waals surface area contributed by atoms with Crippen molar-refractivity contribution in [2.75, 3.05) is 19.0 Å². The van der Waals surface area contributed by atoms with E-state index in [1.807, 2.05) is 6.92 Å². The lowest BCUT2D eigenvalue weighted by atomic mass is 9.94. The molecule has 1 aromatic heterocycles. The van der Waals surface area contributed by atoms with Gasteiger partial charge in [-0.3, -0.25) is 14.4 Å². The summed E-state index contributed by atoms with van der Waals surface area (Å²) in [6.45, 7) is 2.25. The number of imidazole rings is 1. The van der Waals surface area contributed by atoms with Gasteiger partial charge in [-0.2, -0.15) is 0 Å². The maximum atomic E-state index is 14.9. The van der Waals surface area contributed by atoms with Crippen LogP contribution in [0.2, 0.25) is 5.02 Å². The third kappa shape index (κ3) is 6.08. The molecule has 0 spiro atoms. The van der Waals surface area contributed by atoms with Crippen LogP contribution in [0.15, 0.2) is 47.1 Å². The van der Waals surface area contributed by atoms with Gasteiger partial charge in [-0.1, -0.05) is 46.9 Å². The van der Waals surface area contributed by atoms with Crippen LogP contribution in [0.1, 0.15) is 55.5 Å². The fraction of sp³-hybridized carbons (Fsp3) is 0.333. The Morgan fingerprint density at radius 1 is 1.24 bits per heavy atom. The van der Waals surface area contributed by atoms with Crippen LogP contribution in [0.4, 0.5) is 10.1 Å².